The first-order valence-electron chi connectivity index (χ1n) is 15.5. The predicted octanol–water partition coefficient (Wildman–Crippen LogP) is 6.97. The van der Waals surface area contributed by atoms with Crippen LogP contribution in [-0.4, -0.2) is 70.7 Å². The number of aliphatic hydroxyl groups is 1. The van der Waals surface area contributed by atoms with E-state index >= 15 is 0 Å². The summed E-state index contributed by atoms with van der Waals surface area (Å²) < 4.78 is 31.4. The van der Waals surface area contributed by atoms with E-state index in [9.17, 15) is 5.11 Å². The van der Waals surface area contributed by atoms with Gasteiger partial charge in [0.15, 0.2) is 8.32 Å². The van der Waals surface area contributed by atoms with E-state index in [1.807, 2.05) is 36.4 Å². The molecule has 7 nitrogen and oxygen atoms in total. The van der Waals surface area contributed by atoms with E-state index in [0.29, 0.717) is 12.8 Å². The molecule has 2 aliphatic heterocycles. The third kappa shape index (κ3) is 5.79. The van der Waals surface area contributed by atoms with Gasteiger partial charge >= 0.3 is 0 Å². The van der Waals surface area contributed by atoms with Crippen LogP contribution in [0.15, 0.2) is 72.8 Å². The van der Waals surface area contributed by atoms with Crippen molar-refractivity contribution in [2.24, 2.45) is 0 Å². The Hall–Kier alpha value is -2.88. The second-order valence-electron chi connectivity index (χ2n) is 13.8. The lowest BCUT2D eigenvalue weighted by atomic mass is 9.79. The summed E-state index contributed by atoms with van der Waals surface area (Å²) in [7, 11) is 5.02. The molecule has 3 aromatic carbocycles. The fraction of sp³-hybridized carbons (Fsp3) is 0.500. The van der Waals surface area contributed by atoms with E-state index in [2.05, 4.69) is 82.2 Å². The minimum absolute atomic E-state index is 0.0328. The Balaban J connectivity index is 1.70. The molecule has 2 heterocycles. The highest BCUT2D eigenvalue weighted by atomic mass is 28.4. The zero-order valence-electron chi connectivity index (χ0n) is 27.7. The van der Waals surface area contributed by atoms with Crippen LogP contribution >= 0.6 is 0 Å². The summed E-state index contributed by atoms with van der Waals surface area (Å²) in [5.41, 5.74) is 0.993. The van der Waals surface area contributed by atoms with Gasteiger partial charge in [-0.1, -0.05) is 57.2 Å². The van der Waals surface area contributed by atoms with Gasteiger partial charge in [-0.15, -0.1) is 0 Å². The number of aliphatic hydroxyl groups excluding tert-OH is 1. The van der Waals surface area contributed by atoms with E-state index in [1.54, 1.807) is 21.3 Å². The summed E-state index contributed by atoms with van der Waals surface area (Å²) in [6.45, 7) is 11.4. The van der Waals surface area contributed by atoms with Gasteiger partial charge in [-0.2, -0.15) is 0 Å². The Morgan fingerprint density at radius 1 is 0.727 bits per heavy atom. The molecule has 3 aromatic rings. The molecule has 44 heavy (non-hydrogen) atoms. The van der Waals surface area contributed by atoms with E-state index in [0.717, 1.165) is 40.4 Å². The van der Waals surface area contributed by atoms with Crippen LogP contribution in [0, 0.1) is 0 Å². The number of methoxy groups -OCH3 is 3. The maximum absolute atomic E-state index is 11.5. The van der Waals surface area contributed by atoms with Crippen molar-refractivity contribution in [1.82, 2.24) is 4.90 Å². The number of ether oxygens (including phenoxy) is 4. The molecule has 0 aromatic heterocycles. The van der Waals surface area contributed by atoms with E-state index < -0.39 is 25.7 Å². The molecule has 0 aliphatic carbocycles. The molecule has 0 radical (unpaired) electrons. The maximum Gasteiger partial charge on any atom is 0.192 e. The van der Waals surface area contributed by atoms with Crippen LogP contribution in [0.3, 0.4) is 0 Å². The number of hydrogen-bond donors (Lipinski definition) is 1. The van der Waals surface area contributed by atoms with Gasteiger partial charge in [0.25, 0.3) is 0 Å². The fourth-order valence-electron chi connectivity index (χ4n) is 6.70. The Morgan fingerprint density at radius 2 is 1.14 bits per heavy atom. The lowest BCUT2D eigenvalue weighted by molar-refractivity contribution is -0.218. The molecular weight excluding hydrogens is 570 g/mol. The van der Waals surface area contributed by atoms with Crippen molar-refractivity contribution < 1.29 is 28.5 Å². The number of piperidine rings is 1. The van der Waals surface area contributed by atoms with Crippen LogP contribution in [0.4, 0.5) is 0 Å². The minimum atomic E-state index is -2.08. The van der Waals surface area contributed by atoms with Crippen LogP contribution in [-0.2, 0) is 14.8 Å². The number of nitrogens with zero attached hydrogens (tertiary/aromatic N) is 1. The van der Waals surface area contributed by atoms with Gasteiger partial charge in [-0.05, 0) is 84.7 Å². The summed E-state index contributed by atoms with van der Waals surface area (Å²) >= 11 is 0. The number of benzene rings is 3. The summed E-state index contributed by atoms with van der Waals surface area (Å²) in [5.74, 6) is 2.29. The highest BCUT2D eigenvalue weighted by Gasteiger charge is 2.60. The SMILES string of the molecule is COc1ccc(C(OC23CC(O[Si](C)(C)C(C)(C)C)CC(C(O)C2)N3C)(c2ccc(OC)cc2)c2ccc(OC)cc2)cc1. The monoisotopic (exact) mass is 619 g/mol. The lowest BCUT2D eigenvalue weighted by Crippen LogP contribution is -2.59. The molecule has 2 fully saturated rings. The van der Waals surface area contributed by atoms with Crippen molar-refractivity contribution in [2.75, 3.05) is 28.4 Å². The highest BCUT2D eigenvalue weighted by Crippen LogP contribution is 2.53. The zero-order valence-corrected chi connectivity index (χ0v) is 28.7. The van der Waals surface area contributed by atoms with E-state index in [4.69, 9.17) is 23.4 Å². The molecular formula is C36H49NO6Si. The van der Waals surface area contributed by atoms with Crippen LogP contribution < -0.4 is 14.2 Å². The van der Waals surface area contributed by atoms with Crippen molar-refractivity contribution in [3.63, 3.8) is 0 Å². The van der Waals surface area contributed by atoms with Gasteiger partial charge in [-0.25, -0.2) is 0 Å². The molecule has 8 heteroatoms. The average Bonchev–Trinajstić information content (AvgIpc) is 3.13. The Morgan fingerprint density at radius 3 is 1.50 bits per heavy atom. The summed E-state index contributed by atoms with van der Waals surface area (Å²) in [6, 6.07) is 24.2. The molecule has 2 bridgehead atoms. The number of fused-ring (bicyclic) bond motifs is 2. The van der Waals surface area contributed by atoms with Crippen LogP contribution in [0.2, 0.25) is 18.1 Å². The molecule has 238 valence electrons. The summed E-state index contributed by atoms with van der Waals surface area (Å²) in [4.78, 5) is 2.26. The van der Waals surface area contributed by atoms with Crippen LogP contribution in [0.1, 0.15) is 56.7 Å². The Labute approximate surface area is 264 Å². The third-order valence-corrected chi connectivity index (χ3v) is 14.8. The fourth-order valence-corrected chi connectivity index (χ4v) is 8.06. The molecule has 4 atom stereocenters. The molecule has 2 saturated heterocycles. The predicted molar refractivity (Wildman–Crippen MR) is 176 cm³/mol. The topological polar surface area (TPSA) is 69.6 Å². The Kier molecular flexibility index (Phi) is 8.97. The minimum Gasteiger partial charge on any atom is -0.497 e. The van der Waals surface area contributed by atoms with Gasteiger partial charge in [0.2, 0.25) is 0 Å². The lowest BCUT2D eigenvalue weighted by Gasteiger charge is -2.52. The highest BCUT2D eigenvalue weighted by molar-refractivity contribution is 6.74. The number of rotatable bonds is 10. The first-order chi connectivity index (χ1) is 20.8. The van der Waals surface area contributed by atoms with Crippen LogP contribution in [0.5, 0.6) is 17.2 Å². The molecule has 0 amide bonds. The van der Waals surface area contributed by atoms with Gasteiger partial charge in [-0.3, -0.25) is 4.90 Å². The third-order valence-electron chi connectivity index (χ3n) is 10.3. The molecule has 4 unspecified atom stereocenters. The quantitative estimate of drug-likeness (QED) is 0.194. The second-order valence-corrected chi connectivity index (χ2v) is 18.6. The number of likely N-dealkylation sites (N-methyl/N-ethyl adjacent to an activating group) is 1. The summed E-state index contributed by atoms with van der Waals surface area (Å²) in [6.07, 6.45) is 1.34. The van der Waals surface area contributed by atoms with Crippen molar-refractivity contribution in [2.45, 2.75) is 87.7 Å². The van der Waals surface area contributed by atoms with Crippen molar-refractivity contribution in [1.29, 1.82) is 0 Å². The van der Waals surface area contributed by atoms with E-state index in [1.165, 1.54) is 0 Å². The normalized spacial score (nSPS) is 24.3. The summed E-state index contributed by atoms with van der Waals surface area (Å²) in [5, 5.41) is 11.6. The smallest absolute Gasteiger partial charge is 0.192 e. The van der Waals surface area contributed by atoms with E-state index in [-0.39, 0.29) is 17.2 Å². The maximum atomic E-state index is 11.5. The van der Waals surface area contributed by atoms with Crippen LogP contribution in [0.25, 0.3) is 0 Å². The molecule has 0 spiro atoms. The van der Waals surface area contributed by atoms with Gasteiger partial charge in [0.1, 0.15) is 28.6 Å². The van der Waals surface area contributed by atoms with Gasteiger partial charge in [0.05, 0.1) is 33.5 Å². The first kappa shape index (κ1) is 32.5. The number of hydrogen-bond acceptors (Lipinski definition) is 7. The second kappa shape index (κ2) is 12.1. The molecule has 1 N–H and O–H groups in total. The average molecular weight is 620 g/mol. The molecule has 5 rings (SSSR count). The van der Waals surface area contributed by atoms with Crippen molar-refractivity contribution in [3.05, 3.63) is 89.5 Å². The molecule has 2 aliphatic rings. The van der Waals surface area contributed by atoms with Gasteiger partial charge < -0.3 is 28.5 Å². The molecule has 0 saturated carbocycles. The Bertz CT molecular complexity index is 1290. The van der Waals surface area contributed by atoms with Gasteiger partial charge in [0, 0.05) is 18.9 Å². The van der Waals surface area contributed by atoms with Crippen molar-refractivity contribution >= 4 is 8.32 Å². The van der Waals surface area contributed by atoms with Crippen molar-refractivity contribution in [3.8, 4) is 17.2 Å². The standard InChI is InChI=1S/C36H49NO6Si/c1-34(2,3)44(8,9)42-31-22-32-33(38)24-35(23-31,37(32)4)43-36(25-10-16-28(39-5)17-11-25,26-12-18-29(40-6)19-13-26)27-14-20-30(41-7)21-15-27/h10-21,31-33,38H,22-24H2,1-9H3. The largest absolute Gasteiger partial charge is 0.497 e. The zero-order chi connectivity index (χ0) is 31.9. The first-order valence-corrected chi connectivity index (χ1v) is 18.4.